The molecule has 6 nitrogen and oxygen atoms in total. The molecule has 0 aliphatic heterocycles. The SMILES string of the molecule is CC[C@H](CNC(=O)c1cnc(-c2ccccn2)nc1)OC. The molecule has 0 saturated carbocycles. The van der Waals surface area contributed by atoms with Gasteiger partial charge in [0.25, 0.3) is 5.91 Å². The summed E-state index contributed by atoms with van der Waals surface area (Å²) in [6.45, 7) is 2.47. The fourth-order valence-corrected chi connectivity index (χ4v) is 1.78. The molecule has 0 aliphatic rings. The van der Waals surface area contributed by atoms with Gasteiger partial charge >= 0.3 is 0 Å². The fraction of sp³-hybridized carbons (Fsp3) is 0.333. The molecule has 2 heterocycles. The Morgan fingerprint density at radius 1 is 1.29 bits per heavy atom. The largest absolute Gasteiger partial charge is 0.380 e. The van der Waals surface area contributed by atoms with E-state index in [1.807, 2.05) is 25.1 Å². The molecule has 0 aliphatic carbocycles. The summed E-state index contributed by atoms with van der Waals surface area (Å²) in [6, 6.07) is 5.51. The Balaban J connectivity index is 2.00. The number of methoxy groups -OCH3 is 1. The average molecular weight is 286 g/mol. The van der Waals surface area contributed by atoms with Crippen molar-refractivity contribution in [2.24, 2.45) is 0 Å². The van der Waals surface area contributed by atoms with Gasteiger partial charge < -0.3 is 10.1 Å². The van der Waals surface area contributed by atoms with Crippen molar-refractivity contribution in [3.05, 3.63) is 42.4 Å². The number of hydrogen-bond acceptors (Lipinski definition) is 5. The summed E-state index contributed by atoms with van der Waals surface area (Å²) >= 11 is 0. The van der Waals surface area contributed by atoms with E-state index >= 15 is 0 Å². The van der Waals surface area contributed by atoms with E-state index in [0.29, 0.717) is 23.6 Å². The lowest BCUT2D eigenvalue weighted by Crippen LogP contribution is -2.32. The number of ether oxygens (including phenoxy) is 1. The quantitative estimate of drug-likeness (QED) is 0.874. The third kappa shape index (κ3) is 4.06. The molecule has 0 fully saturated rings. The van der Waals surface area contributed by atoms with E-state index in [1.54, 1.807) is 13.3 Å². The van der Waals surface area contributed by atoms with Crippen molar-refractivity contribution in [1.82, 2.24) is 20.3 Å². The van der Waals surface area contributed by atoms with Crippen LogP contribution in [0.5, 0.6) is 0 Å². The maximum Gasteiger partial charge on any atom is 0.254 e. The first kappa shape index (κ1) is 15.1. The number of carbonyl (C=O) groups is 1. The summed E-state index contributed by atoms with van der Waals surface area (Å²) in [5.74, 6) is 0.286. The second kappa shape index (κ2) is 7.44. The summed E-state index contributed by atoms with van der Waals surface area (Å²) < 4.78 is 5.21. The van der Waals surface area contributed by atoms with E-state index in [0.717, 1.165) is 6.42 Å². The summed E-state index contributed by atoms with van der Waals surface area (Å²) in [7, 11) is 1.63. The van der Waals surface area contributed by atoms with Gasteiger partial charge in [-0.15, -0.1) is 0 Å². The molecule has 6 heteroatoms. The van der Waals surface area contributed by atoms with Crippen molar-refractivity contribution >= 4 is 5.91 Å². The van der Waals surface area contributed by atoms with Crippen LogP contribution in [0.2, 0.25) is 0 Å². The second-order valence-corrected chi connectivity index (χ2v) is 4.49. The van der Waals surface area contributed by atoms with E-state index in [1.165, 1.54) is 12.4 Å². The third-order valence-corrected chi connectivity index (χ3v) is 3.09. The summed E-state index contributed by atoms with van der Waals surface area (Å²) in [6.07, 6.45) is 5.53. The molecule has 1 amide bonds. The number of carbonyl (C=O) groups excluding carboxylic acids is 1. The monoisotopic (exact) mass is 286 g/mol. The van der Waals surface area contributed by atoms with Gasteiger partial charge in [0.1, 0.15) is 5.69 Å². The molecule has 0 bridgehead atoms. The zero-order valence-corrected chi connectivity index (χ0v) is 12.1. The van der Waals surface area contributed by atoms with Crippen LogP contribution in [0.4, 0.5) is 0 Å². The van der Waals surface area contributed by atoms with Crippen LogP contribution in [0.15, 0.2) is 36.8 Å². The average Bonchev–Trinajstić information content (AvgIpc) is 2.56. The Morgan fingerprint density at radius 3 is 2.62 bits per heavy atom. The molecule has 1 atom stereocenters. The molecular weight excluding hydrogens is 268 g/mol. The van der Waals surface area contributed by atoms with Crippen LogP contribution in [-0.2, 0) is 4.74 Å². The van der Waals surface area contributed by atoms with Crippen LogP contribution in [0.3, 0.4) is 0 Å². The molecule has 2 aromatic rings. The first-order valence-electron chi connectivity index (χ1n) is 6.79. The Kier molecular flexibility index (Phi) is 5.34. The maximum absolute atomic E-state index is 12.0. The fourth-order valence-electron chi connectivity index (χ4n) is 1.78. The lowest BCUT2D eigenvalue weighted by Gasteiger charge is -2.13. The standard InChI is InChI=1S/C15H18N4O2/c1-3-12(21-2)10-19-15(20)11-8-17-14(18-9-11)13-6-4-5-7-16-13/h4-9,12H,3,10H2,1-2H3,(H,19,20)/t12-/m1/s1. The Bertz CT molecular complexity index is 568. The van der Waals surface area contributed by atoms with E-state index in [4.69, 9.17) is 4.74 Å². The molecule has 1 N–H and O–H groups in total. The molecule has 2 aromatic heterocycles. The minimum atomic E-state index is -0.210. The van der Waals surface area contributed by atoms with Crippen molar-refractivity contribution in [3.8, 4) is 11.5 Å². The van der Waals surface area contributed by atoms with Gasteiger partial charge in [-0.25, -0.2) is 9.97 Å². The predicted molar refractivity (Wildman–Crippen MR) is 78.7 cm³/mol. The molecule has 21 heavy (non-hydrogen) atoms. The summed E-state index contributed by atoms with van der Waals surface area (Å²) in [5, 5.41) is 2.80. The number of hydrogen-bond donors (Lipinski definition) is 1. The molecule has 0 spiro atoms. The van der Waals surface area contributed by atoms with Gasteiger partial charge in [0.15, 0.2) is 5.82 Å². The van der Waals surface area contributed by atoms with Crippen molar-refractivity contribution < 1.29 is 9.53 Å². The van der Waals surface area contributed by atoms with Crippen molar-refractivity contribution in [1.29, 1.82) is 0 Å². The number of amides is 1. The van der Waals surface area contributed by atoms with Gasteiger partial charge in [-0.2, -0.15) is 0 Å². The lowest BCUT2D eigenvalue weighted by atomic mass is 10.2. The highest BCUT2D eigenvalue weighted by Crippen LogP contribution is 2.10. The third-order valence-electron chi connectivity index (χ3n) is 3.09. The summed E-state index contributed by atoms with van der Waals surface area (Å²) in [5.41, 5.74) is 1.09. The number of pyridine rings is 1. The van der Waals surface area contributed by atoms with Gasteiger partial charge in [-0.3, -0.25) is 9.78 Å². The zero-order chi connectivity index (χ0) is 15.1. The van der Waals surface area contributed by atoms with Gasteiger partial charge in [-0.1, -0.05) is 13.0 Å². The highest BCUT2D eigenvalue weighted by molar-refractivity contribution is 5.93. The first-order chi connectivity index (χ1) is 10.2. The van der Waals surface area contributed by atoms with Crippen LogP contribution in [0.1, 0.15) is 23.7 Å². The highest BCUT2D eigenvalue weighted by atomic mass is 16.5. The topological polar surface area (TPSA) is 77.0 Å². The minimum Gasteiger partial charge on any atom is -0.380 e. The number of nitrogens with zero attached hydrogens (tertiary/aromatic N) is 3. The minimum absolute atomic E-state index is 0.0164. The van der Waals surface area contributed by atoms with Crippen LogP contribution in [0, 0.1) is 0 Å². The van der Waals surface area contributed by atoms with Crippen molar-refractivity contribution in [2.45, 2.75) is 19.4 Å². The van der Waals surface area contributed by atoms with Crippen molar-refractivity contribution in [2.75, 3.05) is 13.7 Å². The number of aromatic nitrogens is 3. The normalized spacial score (nSPS) is 11.9. The van der Waals surface area contributed by atoms with E-state index in [2.05, 4.69) is 20.3 Å². The molecule has 2 rings (SSSR count). The Morgan fingerprint density at radius 2 is 2.05 bits per heavy atom. The Hall–Kier alpha value is -2.34. The van der Waals surface area contributed by atoms with Gasteiger partial charge in [0.2, 0.25) is 0 Å². The van der Waals surface area contributed by atoms with E-state index < -0.39 is 0 Å². The van der Waals surface area contributed by atoms with Crippen LogP contribution < -0.4 is 5.32 Å². The smallest absolute Gasteiger partial charge is 0.254 e. The van der Waals surface area contributed by atoms with Gasteiger partial charge in [0.05, 0.1) is 11.7 Å². The first-order valence-corrected chi connectivity index (χ1v) is 6.79. The molecule has 0 unspecified atom stereocenters. The Labute approximate surface area is 123 Å². The van der Waals surface area contributed by atoms with Crippen molar-refractivity contribution in [3.63, 3.8) is 0 Å². The number of rotatable bonds is 6. The van der Waals surface area contributed by atoms with Crippen LogP contribution in [0.25, 0.3) is 11.5 Å². The molecular formula is C15H18N4O2. The van der Waals surface area contributed by atoms with E-state index in [9.17, 15) is 4.79 Å². The molecule has 110 valence electrons. The molecule has 0 saturated heterocycles. The second-order valence-electron chi connectivity index (χ2n) is 4.49. The maximum atomic E-state index is 12.0. The van der Waals surface area contributed by atoms with Gasteiger partial charge in [0, 0.05) is 32.2 Å². The number of nitrogens with one attached hydrogen (secondary N) is 1. The van der Waals surface area contributed by atoms with Gasteiger partial charge in [-0.05, 0) is 18.6 Å². The molecule has 0 radical (unpaired) electrons. The summed E-state index contributed by atoms with van der Waals surface area (Å²) in [4.78, 5) is 24.5. The molecule has 0 aromatic carbocycles. The predicted octanol–water partition coefficient (Wildman–Crippen LogP) is 1.69. The van der Waals surface area contributed by atoms with Crippen LogP contribution in [-0.4, -0.2) is 40.6 Å². The van der Waals surface area contributed by atoms with E-state index in [-0.39, 0.29) is 12.0 Å². The lowest BCUT2D eigenvalue weighted by molar-refractivity contribution is 0.0815. The van der Waals surface area contributed by atoms with Crippen LogP contribution >= 0.6 is 0 Å². The zero-order valence-electron chi connectivity index (χ0n) is 12.1. The highest BCUT2D eigenvalue weighted by Gasteiger charge is 2.11.